The summed E-state index contributed by atoms with van der Waals surface area (Å²) in [5.74, 6) is 1.49. The summed E-state index contributed by atoms with van der Waals surface area (Å²) in [6, 6.07) is 10.8. The number of nitrogens with one attached hydrogen (secondary N) is 1. The predicted molar refractivity (Wildman–Crippen MR) is 112 cm³/mol. The summed E-state index contributed by atoms with van der Waals surface area (Å²) < 4.78 is 10.8. The molecular formula is C23H28N2O4. The van der Waals surface area contributed by atoms with Crippen LogP contribution in [-0.2, 0) is 13.0 Å². The molecule has 0 unspecified atom stereocenters. The molecule has 0 bridgehead atoms. The van der Waals surface area contributed by atoms with Crippen LogP contribution in [0.25, 0.3) is 0 Å². The van der Waals surface area contributed by atoms with E-state index in [4.69, 9.17) is 9.47 Å². The van der Waals surface area contributed by atoms with Gasteiger partial charge in [-0.1, -0.05) is 19.9 Å². The average Bonchev–Trinajstić information content (AvgIpc) is 2.75. The molecule has 29 heavy (non-hydrogen) atoms. The van der Waals surface area contributed by atoms with Gasteiger partial charge in [0.1, 0.15) is 0 Å². The third kappa shape index (κ3) is 4.70. The lowest BCUT2D eigenvalue weighted by molar-refractivity contribution is 0.0734. The average molecular weight is 396 g/mol. The number of methoxy groups -OCH3 is 2. The summed E-state index contributed by atoms with van der Waals surface area (Å²) >= 11 is 0. The Hall–Kier alpha value is -3.02. The highest BCUT2D eigenvalue weighted by Crippen LogP contribution is 2.33. The Morgan fingerprint density at radius 3 is 2.34 bits per heavy atom. The van der Waals surface area contributed by atoms with Gasteiger partial charge in [-0.25, -0.2) is 0 Å². The number of amides is 2. The number of hydrogen-bond donors (Lipinski definition) is 1. The number of hydrogen-bond acceptors (Lipinski definition) is 4. The standard InChI is InChI=1S/C23H28N2O4/c1-15(2)13-24-22(26)17-6-5-7-18(10-17)23(27)25-9-8-16-11-20(28-3)21(29-4)12-19(16)14-25/h5-7,10-12,15H,8-9,13-14H2,1-4H3,(H,24,26). The van der Waals surface area contributed by atoms with Crippen molar-refractivity contribution in [3.05, 3.63) is 58.7 Å². The Morgan fingerprint density at radius 1 is 1.03 bits per heavy atom. The summed E-state index contributed by atoms with van der Waals surface area (Å²) in [6.45, 7) is 5.80. The fourth-order valence-electron chi connectivity index (χ4n) is 3.43. The minimum absolute atomic E-state index is 0.0797. The third-order valence-electron chi connectivity index (χ3n) is 5.05. The van der Waals surface area contributed by atoms with E-state index in [1.807, 2.05) is 26.0 Å². The Labute approximate surface area is 171 Å². The maximum atomic E-state index is 13.1. The zero-order valence-electron chi connectivity index (χ0n) is 17.5. The number of nitrogens with zero attached hydrogens (tertiary/aromatic N) is 1. The second kappa shape index (κ2) is 8.99. The van der Waals surface area contributed by atoms with Gasteiger partial charge in [0.2, 0.25) is 0 Å². The predicted octanol–water partition coefficient (Wildman–Crippen LogP) is 3.29. The lowest BCUT2D eigenvalue weighted by Crippen LogP contribution is -2.36. The van der Waals surface area contributed by atoms with Gasteiger partial charge in [-0.3, -0.25) is 9.59 Å². The van der Waals surface area contributed by atoms with Gasteiger partial charge in [0.05, 0.1) is 14.2 Å². The molecule has 0 atom stereocenters. The van der Waals surface area contributed by atoms with Crippen molar-refractivity contribution in [1.29, 1.82) is 0 Å². The second-order valence-corrected chi connectivity index (χ2v) is 7.64. The van der Waals surface area contributed by atoms with Crippen LogP contribution in [0.4, 0.5) is 0 Å². The van der Waals surface area contributed by atoms with Crippen molar-refractivity contribution in [3.8, 4) is 11.5 Å². The lowest BCUT2D eigenvalue weighted by atomic mass is 9.98. The fraction of sp³-hybridized carbons (Fsp3) is 0.391. The summed E-state index contributed by atoms with van der Waals surface area (Å²) in [5.41, 5.74) is 3.23. The molecule has 6 heteroatoms. The van der Waals surface area contributed by atoms with Crippen LogP contribution in [-0.4, -0.2) is 44.0 Å². The molecule has 0 saturated heterocycles. The zero-order valence-corrected chi connectivity index (χ0v) is 17.5. The van der Waals surface area contributed by atoms with Crippen molar-refractivity contribution in [2.75, 3.05) is 27.3 Å². The van der Waals surface area contributed by atoms with Crippen LogP contribution in [0.2, 0.25) is 0 Å². The SMILES string of the molecule is COc1cc2c(cc1OC)CN(C(=O)c1cccc(C(=O)NCC(C)C)c1)CC2. The minimum Gasteiger partial charge on any atom is -0.493 e. The van der Waals surface area contributed by atoms with E-state index in [1.165, 1.54) is 0 Å². The van der Waals surface area contributed by atoms with Crippen molar-refractivity contribution in [3.63, 3.8) is 0 Å². The van der Waals surface area contributed by atoms with E-state index in [-0.39, 0.29) is 11.8 Å². The molecule has 6 nitrogen and oxygen atoms in total. The molecule has 0 saturated carbocycles. The maximum Gasteiger partial charge on any atom is 0.254 e. The molecule has 0 aliphatic carbocycles. The van der Waals surface area contributed by atoms with Crippen LogP contribution in [0.15, 0.2) is 36.4 Å². The molecule has 154 valence electrons. The zero-order chi connectivity index (χ0) is 21.0. The monoisotopic (exact) mass is 396 g/mol. The number of ether oxygens (including phenoxy) is 2. The van der Waals surface area contributed by atoms with E-state index in [0.717, 1.165) is 17.5 Å². The van der Waals surface area contributed by atoms with E-state index >= 15 is 0 Å². The minimum atomic E-state index is -0.158. The molecule has 0 fully saturated rings. The molecule has 3 rings (SSSR count). The number of carbonyl (C=O) groups excluding carboxylic acids is 2. The van der Waals surface area contributed by atoms with Gasteiger partial charge in [0.25, 0.3) is 11.8 Å². The van der Waals surface area contributed by atoms with Crippen LogP contribution in [0.5, 0.6) is 11.5 Å². The van der Waals surface area contributed by atoms with E-state index in [1.54, 1.807) is 43.4 Å². The maximum absolute atomic E-state index is 13.1. The van der Waals surface area contributed by atoms with Crippen molar-refractivity contribution in [2.24, 2.45) is 5.92 Å². The summed E-state index contributed by atoms with van der Waals surface area (Å²) in [4.78, 5) is 27.2. The molecule has 0 aromatic heterocycles. The molecule has 0 spiro atoms. The van der Waals surface area contributed by atoms with E-state index in [9.17, 15) is 9.59 Å². The first-order valence-corrected chi connectivity index (χ1v) is 9.84. The van der Waals surface area contributed by atoms with Crippen molar-refractivity contribution < 1.29 is 19.1 Å². The van der Waals surface area contributed by atoms with Gasteiger partial charge in [-0.2, -0.15) is 0 Å². The number of fused-ring (bicyclic) bond motifs is 1. The van der Waals surface area contributed by atoms with Crippen LogP contribution < -0.4 is 14.8 Å². The highest BCUT2D eigenvalue weighted by Gasteiger charge is 2.24. The van der Waals surface area contributed by atoms with Gasteiger partial charge in [0, 0.05) is 30.8 Å². The molecular weight excluding hydrogens is 368 g/mol. The highest BCUT2D eigenvalue weighted by molar-refractivity contribution is 5.99. The fourth-order valence-corrected chi connectivity index (χ4v) is 3.43. The first-order chi connectivity index (χ1) is 13.9. The van der Waals surface area contributed by atoms with E-state index in [2.05, 4.69) is 5.32 Å². The molecule has 1 heterocycles. The lowest BCUT2D eigenvalue weighted by Gasteiger charge is -2.29. The van der Waals surface area contributed by atoms with Gasteiger partial charge < -0.3 is 19.7 Å². The van der Waals surface area contributed by atoms with Gasteiger partial charge in [0.15, 0.2) is 11.5 Å². The van der Waals surface area contributed by atoms with Gasteiger partial charge >= 0.3 is 0 Å². The van der Waals surface area contributed by atoms with Crippen molar-refractivity contribution in [1.82, 2.24) is 10.2 Å². The molecule has 0 radical (unpaired) electrons. The van der Waals surface area contributed by atoms with Crippen LogP contribution in [0.1, 0.15) is 45.7 Å². The Balaban J connectivity index is 1.77. The smallest absolute Gasteiger partial charge is 0.254 e. The van der Waals surface area contributed by atoms with E-state index in [0.29, 0.717) is 48.2 Å². The molecule has 1 aliphatic heterocycles. The molecule has 1 aliphatic rings. The van der Waals surface area contributed by atoms with Gasteiger partial charge in [-0.15, -0.1) is 0 Å². The Bertz CT molecular complexity index is 908. The Kier molecular flexibility index (Phi) is 6.42. The molecule has 2 aromatic rings. The number of carbonyl (C=O) groups is 2. The first-order valence-electron chi connectivity index (χ1n) is 9.84. The highest BCUT2D eigenvalue weighted by atomic mass is 16.5. The summed E-state index contributed by atoms with van der Waals surface area (Å²) in [7, 11) is 3.22. The normalized spacial score (nSPS) is 13.1. The van der Waals surface area contributed by atoms with Crippen molar-refractivity contribution >= 4 is 11.8 Å². The topological polar surface area (TPSA) is 67.9 Å². The Morgan fingerprint density at radius 2 is 1.69 bits per heavy atom. The molecule has 2 aromatic carbocycles. The summed E-state index contributed by atoms with van der Waals surface area (Å²) in [5, 5.41) is 2.89. The molecule has 2 amide bonds. The van der Waals surface area contributed by atoms with Crippen LogP contribution >= 0.6 is 0 Å². The summed E-state index contributed by atoms with van der Waals surface area (Å²) in [6.07, 6.45) is 0.746. The number of benzene rings is 2. The van der Waals surface area contributed by atoms with Crippen LogP contribution in [0, 0.1) is 5.92 Å². The van der Waals surface area contributed by atoms with Crippen molar-refractivity contribution in [2.45, 2.75) is 26.8 Å². The van der Waals surface area contributed by atoms with Gasteiger partial charge in [-0.05, 0) is 53.8 Å². The first kappa shape index (κ1) is 20.7. The molecule has 1 N–H and O–H groups in total. The second-order valence-electron chi connectivity index (χ2n) is 7.64. The number of rotatable bonds is 6. The van der Waals surface area contributed by atoms with Crippen LogP contribution in [0.3, 0.4) is 0 Å². The largest absolute Gasteiger partial charge is 0.493 e. The third-order valence-corrected chi connectivity index (χ3v) is 5.05. The quantitative estimate of drug-likeness (QED) is 0.814. The van der Waals surface area contributed by atoms with E-state index < -0.39 is 0 Å².